The summed E-state index contributed by atoms with van der Waals surface area (Å²) in [7, 11) is 0. The second-order valence-corrected chi connectivity index (χ2v) is 6.14. The van der Waals surface area contributed by atoms with Crippen molar-refractivity contribution in [3.05, 3.63) is 15.0 Å². The van der Waals surface area contributed by atoms with Crippen molar-refractivity contribution < 1.29 is 5.11 Å². The van der Waals surface area contributed by atoms with Crippen molar-refractivity contribution in [1.29, 1.82) is 0 Å². The molecule has 0 radical (unpaired) electrons. The highest BCUT2D eigenvalue weighted by Crippen LogP contribution is 2.25. The third-order valence-corrected chi connectivity index (χ3v) is 4.52. The van der Waals surface area contributed by atoms with Crippen LogP contribution in [0.15, 0.2) is 9.98 Å². The molecule has 2 nitrogen and oxygen atoms in total. The Labute approximate surface area is 117 Å². The van der Waals surface area contributed by atoms with Gasteiger partial charge < -0.3 is 5.11 Å². The van der Waals surface area contributed by atoms with Gasteiger partial charge in [-0.3, -0.25) is 0 Å². The van der Waals surface area contributed by atoms with E-state index < -0.39 is 0 Å². The van der Waals surface area contributed by atoms with Gasteiger partial charge in [-0.2, -0.15) is 0 Å². The molecule has 0 aliphatic heterocycles. The second kappa shape index (κ2) is 9.06. The summed E-state index contributed by atoms with van der Waals surface area (Å²) in [4.78, 5) is 4.24. The predicted molar refractivity (Wildman–Crippen MR) is 77.4 cm³/mol. The van der Waals surface area contributed by atoms with Gasteiger partial charge in [-0.05, 0) is 22.4 Å². The smallest absolute Gasteiger partial charge is 0.123 e. The molecule has 1 rings (SSSR count). The average Bonchev–Trinajstić information content (AvgIpc) is 2.74. The van der Waals surface area contributed by atoms with Gasteiger partial charge in [0.05, 0.1) is 0 Å². The molecule has 1 N–H and O–H groups in total. The van der Waals surface area contributed by atoms with Crippen LogP contribution in [0.4, 0.5) is 0 Å². The Kier molecular flexibility index (Phi) is 8.06. The molecule has 0 amide bonds. The van der Waals surface area contributed by atoms with Crippen molar-refractivity contribution in [2.75, 3.05) is 0 Å². The number of aliphatic hydroxyl groups excluding tert-OH is 1. The Hall–Kier alpha value is 0.0700. The number of hydrogen-bond donors (Lipinski definition) is 1. The maximum atomic E-state index is 9.90. The first kappa shape index (κ1) is 15.1. The summed E-state index contributed by atoms with van der Waals surface area (Å²) in [6.07, 6.45) is 9.46. The zero-order valence-electron chi connectivity index (χ0n) is 10.5. The van der Waals surface area contributed by atoms with Gasteiger partial charge in [-0.1, -0.05) is 51.9 Å². The highest BCUT2D eigenvalue weighted by atomic mass is 79.9. The third kappa shape index (κ3) is 6.53. The number of aromatic nitrogens is 1. The van der Waals surface area contributed by atoms with Crippen LogP contribution in [0.1, 0.15) is 69.4 Å². The topological polar surface area (TPSA) is 33.1 Å². The molecule has 1 atom stereocenters. The highest BCUT2D eigenvalue weighted by molar-refractivity contribution is 9.10. The Morgan fingerprint density at radius 3 is 2.47 bits per heavy atom. The Morgan fingerprint density at radius 2 is 1.88 bits per heavy atom. The summed E-state index contributed by atoms with van der Waals surface area (Å²) >= 11 is 4.83. The number of halogens is 1. The maximum Gasteiger partial charge on any atom is 0.123 e. The summed E-state index contributed by atoms with van der Waals surface area (Å²) in [6.45, 7) is 2.24. The van der Waals surface area contributed by atoms with Gasteiger partial charge in [-0.15, -0.1) is 11.3 Å². The molecule has 0 spiro atoms. The number of rotatable bonds is 9. The van der Waals surface area contributed by atoms with Crippen LogP contribution in [0.3, 0.4) is 0 Å². The standard InChI is InChI=1S/C13H22BrNOS/c1-2-3-4-5-6-7-8-9-11(16)13-15-12(14)10-17-13/h10-11,16H,2-9H2,1H3. The lowest BCUT2D eigenvalue weighted by Gasteiger charge is -2.06. The molecule has 0 saturated heterocycles. The van der Waals surface area contributed by atoms with Gasteiger partial charge in [0.2, 0.25) is 0 Å². The first-order valence-corrected chi connectivity index (χ1v) is 8.20. The summed E-state index contributed by atoms with van der Waals surface area (Å²) < 4.78 is 0.830. The van der Waals surface area contributed by atoms with E-state index in [-0.39, 0.29) is 6.10 Å². The monoisotopic (exact) mass is 319 g/mol. The maximum absolute atomic E-state index is 9.90. The molecule has 0 saturated carbocycles. The summed E-state index contributed by atoms with van der Waals surface area (Å²) in [5, 5.41) is 12.7. The lowest BCUT2D eigenvalue weighted by atomic mass is 10.1. The van der Waals surface area contributed by atoms with Gasteiger partial charge in [0, 0.05) is 5.38 Å². The Morgan fingerprint density at radius 1 is 1.24 bits per heavy atom. The minimum atomic E-state index is -0.373. The van der Waals surface area contributed by atoms with E-state index in [9.17, 15) is 5.11 Å². The van der Waals surface area contributed by atoms with Crippen molar-refractivity contribution >= 4 is 27.3 Å². The zero-order valence-corrected chi connectivity index (χ0v) is 12.9. The van der Waals surface area contributed by atoms with E-state index in [1.165, 1.54) is 49.9 Å². The molecule has 0 aromatic carbocycles. The largest absolute Gasteiger partial charge is 0.386 e. The molecule has 1 aromatic rings. The number of aliphatic hydroxyl groups is 1. The Bertz CT molecular complexity index is 303. The van der Waals surface area contributed by atoms with Crippen LogP contribution < -0.4 is 0 Å². The SMILES string of the molecule is CCCCCCCCCC(O)c1nc(Br)cs1. The Balaban J connectivity index is 2.03. The van der Waals surface area contributed by atoms with E-state index in [0.717, 1.165) is 22.5 Å². The molecule has 17 heavy (non-hydrogen) atoms. The molecule has 0 aliphatic rings. The van der Waals surface area contributed by atoms with E-state index in [4.69, 9.17) is 0 Å². The molecule has 1 unspecified atom stereocenters. The van der Waals surface area contributed by atoms with Crippen LogP contribution in [-0.2, 0) is 0 Å². The molecule has 0 aliphatic carbocycles. The van der Waals surface area contributed by atoms with Crippen molar-refractivity contribution in [2.45, 2.75) is 64.4 Å². The first-order valence-electron chi connectivity index (χ1n) is 6.53. The molecule has 1 aromatic heterocycles. The van der Waals surface area contributed by atoms with Gasteiger partial charge in [0.15, 0.2) is 0 Å². The zero-order chi connectivity index (χ0) is 12.5. The molecular weight excluding hydrogens is 298 g/mol. The predicted octanol–water partition coefficient (Wildman–Crippen LogP) is 5.08. The van der Waals surface area contributed by atoms with E-state index in [2.05, 4.69) is 27.8 Å². The van der Waals surface area contributed by atoms with E-state index in [1.54, 1.807) is 0 Å². The van der Waals surface area contributed by atoms with E-state index in [1.807, 2.05) is 5.38 Å². The lowest BCUT2D eigenvalue weighted by Crippen LogP contribution is -1.96. The van der Waals surface area contributed by atoms with Crippen molar-refractivity contribution in [1.82, 2.24) is 4.98 Å². The van der Waals surface area contributed by atoms with Crippen LogP contribution in [0, 0.1) is 0 Å². The van der Waals surface area contributed by atoms with Crippen LogP contribution >= 0.6 is 27.3 Å². The first-order chi connectivity index (χ1) is 8.24. The fourth-order valence-corrected chi connectivity index (χ4v) is 3.12. The van der Waals surface area contributed by atoms with Gasteiger partial charge in [0.25, 0.3) is 0 Å². The van der Waals surface area contributed by atoms with Gasteiger partial charge >= 0.3 is 0 Å². The van der Waals surface area contributed by atoms with Crippen LogP contribution in [0.25, 0.3) is 0 Å². The highest BCUT2D eigenvalue weighted by Gasteiger charge is 2.10. The second-order valence-electron chi connectivity index (χ2n) is 4.43. The number of hydrogen-bond acceptors (Lipinski definition) is 3. The van der Waals surface area contributed by atoms with E-state index >= 15 is 0 Å². The normalized spacial score (nSPS) is 12.9. The molecule has 98 valence electrons. The van der Waals surface area contributed by atoms with Gasteiger partial charge in [-0.25, -0.2) is 4.98 Å². The fraction of sp³-hybridized carbons (Fsp3) is 0.769. The number of nitrogens with zero attached hydrogens (tertiary/aromatic N) is 1. The summed E-state index contributed by atoms with van der Waals surface area (Å²) in [5.41, 5.74) is 0. The van der Waals surface area contributed by atoms with E-state index in [0.29, 0.717) is 0 Å². The third-order valence-electron chi connectivity index (χ3n) is 2.86. The molecular formula is C13H22BrNOS. The fourth-order valence-electron chi connectivity index (χ4n) is 1.84. The van der Waals surface area contributed by atoms with Gasteiger partial charge in [0.1, 0.15) is 15.7 Å². The van der Waals surface area contributed by atoms with Crippen molar-refractivity contribution in [2.24, 2.45) is 0 Å². The molecule has 4 heteroatoms. The minimum Gasteiger partial charge on any atom is -0.386 e. The van der Waals surface area contributed by atoms with Crippen molar-refractivity contribution in [3.8, 4) is 0 Å². The van der Waals surface area contributed by atoms with Crippen LogP contribution in [0.2, 0.25) is 0 Å². The lowest BCUT2D eigenvalue weighted by molar-refractivity contribution is 0.162. The minimum absolute atomic E-state index is 0.373. The van der Waals surface area contributed by atoms with Crippen LogP contribution in [0.5, 0.6) is 0 Å². The average molecular weight is 320 g/mol. The number of unbranched alkanes of at least 4 members (excludes halogenated alkanes) is 6. The molecule has 0 bridgehead atoms. The quantitative estimate of drug-likeness (QED) is 0.644. The molecule has 0 fully saturated rings. The van der Waals surface area contributed by atoms with Crippen molar-refractivity contribution in [3.63, 3.8) is 0 Å². The summed E-state index contributed by atoms with van der Waals surface area (Å²) in [6, 6.07) is 0. The summed E-state index contributed by atoms with van der Waals surface area (Å²) in [5.74, 6) is 0. The number of thiazole rings is 1. The van der Waals surface area contributed by atoms with Crippen LogP contribution in [-0.4, -0.2) is 10.1 Å². The molecule has 1 heterocycles.